The van der Waals surface area contributed by atoms with Gasteiger partial charge in [-0.3, -0.25) is 0 Å². The molecule has 1 fully saturated rings. The van der Waals surface area contributed by atoms with E-state index in [4.69, 9.17) is 14.9 Å². The van der Waals surface area contributed by atoms with E-state index < -0.39 is 12.2 Å². The molecule has 1 aromatic heterocycles. The Hall–Kier alpha value is -0.950. The van der Waals surface area contributed by atoms with Gasteiger partial charge in [0.25, 0.3) is 0 Å². The Morgan fingerprint density at radius 1 is 1.53 bits per heavy atom. The molecule has 1 aliphatic rings. The fourth-order valence-electron chi connectivity index (χ4n) is 1.76. The molecule has 1 saturated heterocycles. The first-order chi connectivity index (χ1) is 7.26. The zero-order valence-electron chi connectivity index (χ0n) is 8.15. The van der Waals surface area contributed by atoms with Crippen LogP contribution in [0.3, 0.4) is 0 Å². The van der Waals surface area contributed by atoms with Crippen molar-refractivity contribution in [1.29, 1.82) is 0 Å². The topological polar surface area (TPSA) is 87.7 Å². The van der Waals surface area contributed by atoms with E-state index >= 15 is 0 Å². The summed E-state index contributed by atoms with van der Waals surface area (Å²) in [7, 11) is 0. The zero-order chi connectivity index (χ0) is 10.8. The Labute approximate surface area is 86.8 Å². The summed E-state index contributed by atoms with van der Waals surface area (Å²) in [6.07, 6.45) is 1.90. The van der Waals surface area contributed by atoms with Crippen LogP contribution in [-0.2, 0) is 11.3 Å². The van der Waals surface area contributed by atoms with Gasteiger partial charge in [-0.2, -0.15) is 0 Å². The molecular formula is C9H14N2O4. The van der Waals surface area contributed by atoms with Crippen molar-refractivity contribution >= 4 is 0 Å². The minimum absolute atomic E-state index is 0.125. The number of aromatic nitrogens is 2. The highest BCUT2D eigenvalue weighted by molar-refractivity contribution is 4.99. The predicted octanol–water partition coefficient (Wildman–Crippen LogP) is -0.984. The van der Waals surface area contributed by atoms with Crippen molar-refractivity contribution < 1.29 is 20.1 Å². The lowest BCUT2D eigenvalue weighted by Gasteiger charge is -2.15. The summed E-state index contributed by atoms with van der Waals surface area (Å²) in [6.45, 7) is -0.333. The van der Waals surface area contributed by atoms with Crippen LogP contribution in [0.5, 0.6) is 0 Å². The molecule has 3 atom stereocenters. The van der Waals surface area contributed by atoms with Crippen molar-refractivity contribution in [1.82, 2.24) is 9.55 Å². The van der Waals surface area contributed by atoms with Crippen molar-refractivity contribution in [3.8, 4) is 0 Å². The van der Waals surface area contributed by atoms with Crippen LogP contribution < -0.4 is 0 Å². The lowest BCUT2D eigenvalue weighted by molar-refractivity contribution is -0.0458. The maximum atomic E-state index is 9.54. The third kappa shape index (κ3) is 1.89. The van der Waals surface area contributed by atoms with E-state index in [9.17, 15) is 5.11 Å². The summed E-state index contributed by atoms with van der Waals surface area (Å²) in [5.41, 5.74) is 0.630. The van der Waals surface area contributed by atoms with Gasteiger partial charge in [-0.25, -0.2) is 4.98 Å². The molecule has 1 aromatic rings. The van der Waals surface area contributed by atoms with Gasteiger partial charge in [0.2, 0.25) is 0 Å². The maximum absolute atomic E-state index is 9.54. The SMILES string of the molecule is OCc1cncn1[C@@H]1C[C@H](O)[C@@H](CO)O1. The molecule has 3 N–H and O–H groups in total. The maximum Gasteiger partial charge on any atom is 0.138 e. The Morgan fingerprint density at radius 2 is 2.33 bits per heavy atom. The van der Waals surface area contributed by atoms with E-state index in [1.165, 1.54) is 0 Å². The second-order valence-electron chi connectivity index (χ2n) is 3.57. The number of aliphatic hydroxyl groups excluding tert-OH is 3. The summed E-state index contributed by atoms with van der Waals surface area (Å²) in [4.78, 5) is 3.89. The normalized spacial score (nSPS) is 31.0. The Kier molecular flexibility index (Phi) is 3.01. The molecule has 1 aliphatic heterocycles. The largest absolute Gasteiger partial charge is 0.394 e. The van der Waals surface area contributed by atoms with E-state index in [2.05, 4.69) is 4.98 Å². The minimum Gasteiger partial charge on any atom is -0.394 e. The highest BCUT2D eigenvalue weighted by atomic mass is 16.5. The molecule has 0 spiro atoms. The molecule has 0 amide bonds. The Balaban J connectivity index is 2.13. The van der Waals surface area contributed by atoms with Crippen molar-refractivity contribution in [2.45, 2.75) is 31.5 Å². The summed E-state index contributed by atoms with van der Waals surface area (Å²) in [5.74, 6) is 0. The number of nitrogens with zero attached hydrogens (tertiary/aromatic N) is 2. The van der Waals surface area contributed by atoms with Gasteiger partial charge in [-0.05, 0) is 0 Å². The number of imidazole rings is 1. The fourth-order valence-corrected chi connectivity index (χ4v) is 1.76. The monoisotopic (exact) mass is 214 g/mol. The number of hydrogen-bond donors (Lipinski definition) is 3. The minimum atomic E-state index is -0.672. The standard InChI is InChI=1S/C9H14N2O4/c12-3-6-2-10-5-11(6)9-1-7(14)8(4-13)15-9/h2,5,7-9,12-14H,1,3-4H2/t7-,8+,9-/m0/s1. The van der Waals surface area contributed by atoms with Gasteiger partial charge in [-0.1, -0.05) is 0 Å². The van der Waals surface area contributed by atoms with Crippen LogP contribution in [0.15, 0.2) is 12.5 Å². The van der Waals surface area contributed by atoms with Crippen LogP contribution >= 0.6 is 0 Å². The third-order valence-corrected chi connectivity index (χ3v) is 2.60. The smallest absolute Gasteiger partial charge is 0.138 e. The number of rotatable bonds is 3. The molecule has 2 rings (SSSR count). The molecule has 6 heteroatoms. The van der Waals surface area contributed by atoms with Gasteiger partial charge in [-0.15, -0.1) is 0 Å². The Morgan fingerprint density at radius 3 is 2.93 bits per heavy atom. The van der Waals surface area contributed by atoms with Crippen molar-refractivity contribution in [2.24, 2.45) is 0 Å². The quantitative estimate of drug-likeness (QED) is 0.601. The first kappa shape index (κ1) is 10.6. The molecule has 0 radical (unpaired) electrons. The number of ether oxygens (including phenoxy) is 1. The summed E-state index contributed by atoms with van der Waals surface area (Å²) >= 11 is 0. The van der Waals surface area contributed by atoms with E-state index in [-0.39, 0.29) is 19.4 Å². The third-order valence-electron chi connectivity index (χ3n) is 2.60. The van der Waals surface area contributed by atoms with Gasteiger partial charge >= 0.3 is 0 Å². The molecule has 2 heterocycles. The average molecular weight is 214 g/mol. The molecule has 0 aromatic carbocycles. The van der Waals surface area contributed by atoms with Crippen LogP contribution in [0.2, 0.25) is 0 Å². The first-order valence-electron chi connectivity index (χ1n) is 4.82. The van der Waals surface area contributed by atoms with Gasteiger partial charge in [0.1, 0.15) is 12.3 Å². The summed E-state index contributed by atoms with van der Waals surface area (Å²) in [5, 5.41) is 27.5. The lowest BCUT2D eigenvalue weighted by atomic mass is 10.2. The fraction of sp³-hybridized carbons (Fsp3) is 0.667. The summed E-state index contributed by atoms with van der Waals surface area (Å²) < 4.78 is 7.09. The van der Waals surface area contributed by atoms with Crippen molar-refractivity contribution in [2.75, 3.05) is 6.61 Å². The number of hydrogen-bond acceptors (Lipinski definition) is 5. The van der Waals surface area contributed by atoms with Crippen molar-refractivity contribution in [3.05, 3.63) is 18.2 Å². The van der Waals surface area contributed by atoms with Gasteiger partial charge in [0, 0.05) is 6.42 Å². The molecule has 0 aliphatic carbocycles. The van der Waals surface area contributed by atoms with Crippen LogP contribution in [0, 0.1) is 0 Å². The van der Waals surface area contributed by atoms with Crippen LogP contribution in [0.1, 0.15) is 18.3 Å². The predicted molar refractivity (Wildman–Crippen MR) is 49.8 cm³/mol. The van der Waals surface area contributed by atoms with E-state index in [1.54, 1.807) is 17.1 Å². The van der Waals surface area contributed by atoms with E-state index in [1.807, 2.05) is 0 Å². The summed E-state index contributed by atoms with van der Waals surface area (Å²) in [6, 6.07) is 0. The molecule has 84 valence electrons. The highest BCUT2D eigenvalue weighted by Crippen LogP contribution is 2.29. The second kappa shape index (κ2) is 4.28. The van der Waals surface area contributed by atoms with E-state index in [0.717, 1.165) is 0 Å². The second-order valence-corrected chi connectivity index (χ2v) is 3.57. The first-order valence-corrected chi connectivity index (χ1v) is 4.82. The van der Waals surface area contributed by atoms with Crippen LogP contribution in [0.25, 0.3) is 0 Å². The average Bonchev–Trinajstić information content (AvgIpc) is 2.82. The van der Waals surface area contributed by atoms with Gasteiger partial charge in [0.15, 0.2) is 0 Å². The van der Waals surface area contributed by atoms with Gasteiger partial charge < -0.3 is 24.6 Å². The highest BCUT2D eigenvalue weighted by Gasteiger charge is 2.34. The zero-order valence-corrected chi connectivity index (χ0v) is 8.15. The lowest BCUT2D eigenvalue weighted by Crippen LogP contribution is -2.24. The molecule has 15 heavy (non-hydrogen) atoms. The Bertz CT molecular complexity index is 328. The molecule has 0 unspecified atom stereocenters. The molecular weight excluding hydrogens is 200 g/mol. The molecule has 0 saturated carbocycles. The van der Waals surface area contributed by atoms with E-state index in [0.29, 0.717) is 12.1 Å². The van der Waals surface area contributed by atoms with Crippen molar-refractivity contribution in [3.63, 3.8) is 0 Å². The van der Waals surface area contributed by atoms with Gasteiger partial charge in [0.05, 0.1) is 37.5 Å². The molecule has 0 bridgehead atoms. The van der Waals surface area contributed by atoms with Crippen LogP contribution in [0.4, 0.5) is 0 Å². The number of aliphatic hydroxyl groups is 3. The molecule has 6 nitrogen and oxygen atoms in total. The van der Waals surface area contributed by atoms with Crippen LogP contribution in [-0.4, -0.2) is 43.7 Å².